The van der Waals surface area contributed by atoms with E-state index in [0.717, 1.165) is 12.8 Å². The fraction of sp³-hybridized carbons (Fsp3) is 0.333. The van der Waals surface area contributed by atoms with Crippen LogP contribution in [0.3, 0.4) is 0 Å². The van der Waals surface area contributed by atoms with Crippen LogP contribution in [0.1, 0.15) is 23.2 Å². The number of nitrogens with one attached hydrogen (secondary N) is 1. The first-order valence-electron chi connectivity index (χ1n) is 7.25. The fourth-order valence-corrected chi connectivity index (χ4v) is 3.03. The molecule has 1 aliphatic heterocycles. The third-order valence-electron chi connectivity index (χ3n) is 3.76. The van der Waals surface area contributed by atoms with E-state index in [1.165, 1.54) is 35.6 Å². The molecule has 120 valence electrons. The van der Waals surface area contributed by atoms with Gasteiger partial charge in [-0.1, -0.05) is 11.3 Å². The topological polar surface area (TPSA) is 75.2 Å². The molecule has 6 nitrogen and oxygen atoms in total. The number of likely N-dealkylation sites (tertiary alicyclic amines) is 1. The molecule has 1 aromatic heterocycles. The van der Waals surface area contributed by atoms with Gasteiger partial charge in [-0.15, -0.1) is 10.2 Å². The molecule has 2 heterocycles. The van der Waals surface area contributed by atoms with Crippen LogP contribution in [-0.2, 0) is 4.79 Å². The number of hydrogen-bond acceptors (Lipinski definition) is 5. The third kappa shape index (κ3) is 3.70. The van der Waals surface area contributed by atoms with Gasteiger partial charge in [0.05, 0.1) is 5.92 Å². The Morgan fingerprint density at radius 3 is 2.78 bits per heavy atom. The Balaban J connectivity index is 1.64. The molecule has 3 rings (SSSR count). The van der Waals surface area contributed by atoms with E-state index in [-0.39, 0.29) is 23.5 Å². The van der Waals surface area contributed by atoms with Gasteiger partial charge in [0.2, 0.25) is 11.0 Å². The summed E-state index contributed by atoms with van der Waals surface area (Å²) in [6.45, 7) is 0.944. The summed E-state index contributed by atoms with van der Waals surface area (Å²) < 4.78 is 13.0. The maximum absolute atomic E-state index is 13.0. The summed E-state index contributed by atoms with van der Waals surface area (Å²) in [4.78, 5) is 26.3. The number of benzene rings is 1. The number of nitrogens with zero attached hydrogens (tertiary/aromatic N) is 3. The molecule has 0 saturated carbocycles. The largest absolute Gasteiger partial charge is 0.338 e. The highest BCUT2D eigenvalue weighted by Crippen LogP contribution is 2.21. The number of aromatic nitrogens is 2. The van der Waals surface area contributed by atoms with Gasteiger partial charge in [0, 0.05) is 18.7 Å². The highest BCUT2D eigenvalue weighted by molar-refractivity contribution is 7.13. The SMILES string of the molecule is O=C(Nc1nncs1)C1CCCN(C(=O)c2ccc(F)cc2)C1. The van der Waals surface area contributed by atoms with E-state index in [1.54, 1.807) is 10.4 Å². The first kappa shape index (κ1) is 15.5. The molecule has 1 aromatic carbocycles. The number of rotatable bonds is 3. The van der Waals surface area contributed by atoms with Crippen molar-refractivity contribution in [1.29, 1.82) is 0 Å². The lowest BCUT2D eigenvalue weighted by Crippen LogP contribution is -2.43. The smallest absolute Gasteiger partial charge is 0.253 e. The van der Waals surface area contributed by atoms with Crippen molar-refractivity contribution in [2.75, 3.05) is 18.4 Å². The normalized spacial score (nSPS) is 17.8. The average Bonchev–Trinajstić information content (AvgIpc) is 3.08. The standard InChI is InChI=1S/C15H15FN4O2S/c16-12-5-3-10(4-6-12)14(22)20-7-1-2-11(8-20)13(21)18-15-19-17-9-23-15/h3-6,9,11H,1-2,7-8H2,(H,18,19,21). The van der Waals surface area contributed by atoms with Crippen molar-refractivity contribution >= 4 is 28.3 Å². The molecule has 8 heteroatoms. The average molecular weight is 334 g/mol. The second-order valence-corrected chi connectivity index (χ2v) is 6.16. The van der Waals surface area contributed by atoms with Crippen LogP contribution in [0.15, 0.2) is 29.8 Å². The molecule has 23 heavy (non-hydrogen) atoms. The molecular formula is C15H15FN4O2S. The van der Waals surface area contributed by atoms with Gasteiger partial charge in [-0.25, -0.2) is 4.39 Å². The maximum Gasteiger partial charge on any atom is 0.253 e. The maximum atomic E-state index is 13.0. The summed E-state index contributed by atoms with van der Waals surface area (Å²) >= 11 is 1.25. The minimum atomic E-state index is -0.380. The predicted octanol–water partition coefficient (Wildman–Crippen LogP) is 2.17. The molecule has 1 atom stereocenters. The predicted molar refractivity (Wildman–Crippen MR) is 83.6 cm³/mol. The van der Waals surface area contributed by atoms with Crippen molar-refractivity contribution in [2.45, 2.75) is 12.8 Å². The van der Waals surface area contributed by atoms with Crippen LogP contribution in [-0.4, -0.2) is 40.0 Å². The van der Waals surface area contributed by atoms with E-state index in [0.29, 0.717) is 23.8 Å². The van der Waals surface area contributed by atoms with Crippen molar-refractivity contribution < 1.29 is 14.0 Å². The number of carbonyl (C=O) groups is 2. The van der Waals surface area contributed by atoms with Gasteiger partial charge in [-0.3, -0.25) is 9.59 Å². The van der Waals surface area contributed by atoms with E-state index >= 15 is 0 Å². The first-order valence-corrected chi connectivity index (χ1v) is 8.13. The molecule has 0 radical (unpaired) electrons. The van der Waals surface area contributed by atoms with Crippen LogP contribution in [0.4, 0.5) is 9.52 Å². The zero-order chi connectivity index (χ0) is 16.2. The second-order valence-electron chi connectivity index (χ2n) is 5.33. The zero-order valence-electron chi connectivity index (χ0n) is 12.2. The lowest BCUT2D eigenvalue weighted by Gasteiger charge is -2.32. The number of anilines is 1. The molecule has 0 bridgehead atoms. The molecular weight excluding hydrogens is 319 g/mol. The lowest BCUT2D eigenvalue weighted by molar-refractivity contribution is -0.121. The summed E-state index contributed by atoms with van der Waals surface area (Å²) in [5.41, 5.74) is 1.97. The van der Waals surface area contributed by atoms with E-state index in [1.807, 2.05) is 0 Å². The molecule has 1 N–H and O–H groups in total. The monoisotopic (exact) mass is 334 g/mol. The molecule has 1 aliphatic rings. The number of carbonyl (C=O) groups excluding carboxylic acids is 2. The van der Waals surface area contributed by atoms with E-state index in [4.69, 9.17) is 0 Å². The van der Waals surface area contributed by atoms with E-state index in [9.17, 15) is 14.0 Å². The summed E-state index contributed by atoms with van der Waals surface area (Å²) in [6.07, 6.45) is 1.47. The van der Waals surface area contributed by atoms with Crippen molar-refractivity contribution in [3.63, 3.8) is 0 Å². The quantitative estimate of drug-likeness (QED) is 0.933. The fourth-order valence-electron chi connectivity index (χ4n) is 2.59. The minimum Gasteiger partial charge on any atom is -0.338 e. The number of hydrogen-bond donors (Lipinski definition) is 1. The Kier molecular flexibility index (Phi) is 4.61. The summed E-state index contributed by atoms with van der Waals surface area (Å²) in [7, 11) is 0. The van der Waals surface area contributed by atoms with Crippen molar-refractivity contribution in [3.8, 4) is 0 Å². The Labute approximate surface area is 136 Å². The Hall–Kier alpha value is -2.35. The minimum absolute atomic E-state index is 0.154. The second kappa shape index (κ2) is 6.82. The molecule has 2 aromatic rings. The van der Waals surface area contributed by atoms with Gasteiger partial charge in [0.1, 0.15) is 11.3 Å². The molecule has 0 aliphatic carbocycles. The van der Waals surface area contributed by atoms with Crippen LogP contribution in [0.25, 0.3) is 0 Å². The van der Waals surface area contributed by atoms with Crippen LogP contribution in [0.2, 0.25) is 0 Å². The molecule has 0 spiro atoms. The Morgan fingerprint density at radius 1 is 1.30 bits per heavy atom. The van der Waals surface area contributed by atoms with Gasteiger partial charge in [-0.05, 0) is 37.1 Å². The Bertz CT molecular complexity index is 690. The van der Waals surface area contributed by atoms with E-state index in [2.05, 4.69) is 15.5 Å². The zero-order valence-corrected chi connectivity index (χ0v) is 13.1. The number of amides is 2. The van der Waals surface area contributed by atoms with Crippen molar-refractivity contribution in [1.82, 2.24) is 15.1 Å². The van der Waals surface area contributed by atoms with Crippen LogP contribution in [0.5, 0.6) is 0 Å². The number of piperidine rings is 1. The van der Waals surface area contributed by atoms with Crippen molar-refractivity contribution in [3.05, 3.63) is 41.2 Å². The summed E-state index contributed by atoms with van der Waals surface area (Å²) in [5, 5.41) is 10.6. The van der Waals surface area contributed by atoms with Gasteiger partial charge >= 0.3 is 0 Å². The third-order valence-corrected chi connectivity index (χ3v) is 4.37. The van der Waals surface area contributed by atoms with Crippen LogP contribution < -0.4 is 5.32 Å². The van der Waals surface area contributed by atoms with Crippen LogP contribution in [0, 0.1) is 11.7 Å². The van der Waals surface area contributed by atoms with Crippen molar-refractivity contribution in [2.24, 2.45) is 5.92 Å². The molecule has 1 fully saturated rings. The summed E-state index contributed by atoms with van der Waals surface area (Å²) in [6, 6.07) is 5.44. The van der Waals surface area contributed by atoms with Gasteiger partial charge in [0.25, 0.3) is 5.91 Å². The lowest BCUT2D eigenvalue weighted by atomic mass is 9.96. The molecule has 2 amide bonds. The van der Waals surface area contributed by atoms with Gasteiger partial charge in [0.15, 0.2) is 0 Å². The first-order chi connectivity index (χ1) is 11.1. The highest BCUT2D eigenvalue weighted by Gasteiger charge is 2.29. The molecule has 1 unspecified atom stereocenters. The van der Waals surface area contributed by atoms with Gasteiger partial charge in [-0.2, -0.15) is 0 Å². The summed E-state index contributed by atoms with van der Waals surface area (Å²) in [5.74, 6) is -0.997. The Morgan fingerprint density at radius 2 is 2.09 bits per heavy atom. The van der Waals surface area contributed by atoms with Gasteiger partial charge < -0.3 is 10.2 Å². The number of halogens is 1. The van der Waals surface area contributed by atoms with E-state index < -0.39 is 0 Å². The van der Waals surface area contributed by atoms with Crippen LogP contribution >= 0.6 is 11.3 Å². The molecule has 1 saturated heterocycles. The highest BCUT2D eigenvalue weighted by atomic mass is 32.1.